The number of nitrogens with zero attached hydrogens (tertiary/aromatic N) is 1. The van der Waals surface area contributed by atoms with Crippen LogP contribution in [0.2, 0.25) is 0 Å². The summed E-state index contributed by atoms with van der Waals surface area (Å²) >= 11 is 0. The van der Waals surface area contributed by atoms with Crippen LogP contribution in [0, 0.1) is 5.92 Å². The Morgan fingerprint density at radius 2 is 1.89 bits per heavy atom. The van der Waals surface area contributed by atoms with Crippen LogP contribution in [0.3, 0.4) is 0 Å². The zero-order chi connectivity index (χ0) is 12.8. The van der Waals surface area contributed by atoms with Gasteiger partial charge in [-0.25, -0.2) is 0 Å². The predicted molar refractivity (Wildman–Crippen MR) is 75.7 cm³/mol. The van der Waals surface area contributed by atoms with Crippen LogP contribution in [0.5, 0.6) is 0 Å². The molecule has 3 atom stereocenters. The van der Waals surface area contributed by atoms with E-state index >= 15 is 0 Å². The molecule has 1 saturated carbocycles. The van der Waals surface area contributed by atoms with Gasteiger partial charge in [0.05, 0.1) is 6.10 Å². The molecule has 0 aromatic carbocycles. The van der Waals surface area contributed by atoms with Crippen molar-refractivity contribution in [3.05, 3.63) is 0 Å². The van der Waals surface area contributed by atoms with Gasteiger partial charge in [-0.15, -0.1) is 0 Å². The number of hydrogen-bond acceptors (Lipinski definition) is 3. The third-order valence-electron chi connectivity index (χ3n) is 4.81. The van der Waals surface area contributed by atoms with Crippen LogP contribution in [-0.4, -0.2) is 48.3 Å². The fourth-order valence-electron chi connectivity index (χ4n) is 3.42. The molecular formula is C15H30N2O. The van der Waals surface area contributed by atoms with Crippen LogP contribution in [0.4, 0.5) is 0 Å². The Bertz CT molecular complexity index is 235. The van der Waals surface area contributed by atoms with E-state index in [4.69, 9.17) is 0 Å². The van der Waals surface area contributed by atoms with Crippen LogP contribution in [-0.2, 0) is 0 Å². The van der Waals surface area contributed by atoms with Gasteiger partial charge < -0.3 is 15.3 Å². The van der Waals surface area contributed by atoms with Crippen molar-refractivity contribution in [2.24, 2.45) is 5.92 Å². The molecule has 0 amide bonds. The molecule has 1 aliphatic heterocycles. The summed E-state index contributed by atoms with van der Waals surface area (Å²) in [6.45, 7) is 6.97. The van der Waals surface area contributed by atoms with Crippen LogP contribution in [0.15, 0.2) is 0 Å². The monoisotopic (exact) mass is 254 g/mol. The number of aliphatic hydroxyl groups is 1. The van der Waals surface area contributed by atoms with E-state index in [0.29, 0.717) is 12.0 Å². The highest BCUT2D eigenvalue weighted by atomic mass is 16.3. The number of rotatable bonds is 4. The third-order valence-corrected chi connectivity index (χ3v) is 4.81. The first kappa shape index (κ1) is 14.3. The van der Waals surface area contributed by atoms with E-state index in [1.54, 1.807) is 0 Å². The Balaban J connectivity index is 1.69. The first-order chi connectivity index (χ1) is 8.79. The molecule has 0 bridgehead atoms. The molecular weight excluding hydrogens is 224 g/mol. The molecule has 3 nitrogen and oxygen atoms in total. The maximum Gasteiger partial charge on any atom is 0.0580 e. The lowest BCUT2D eigenvalue weighted by Gasteiger charge is -2.29. The second-order valence-corrected chi connectivity index (χ2v) is 6.08. The molecule has 2 fully saturated rings. The Morgan fingerprint density at radius 1 is 1.06 bits per heavy atom. The van der Waals surface area contributed by atoms with Gasteiger partial charge in [0.15, 0.2) is 0 Å². The SMILES string of the molecule is CCN1CCCC(NCC2CCCCC2O)CC1. The number of hydrogen-bond donors (Lipinski definition) is 2. The summed E-state index contributed by atoms with van der Waals surface area (Å²) in [4.78, 5) is 2.55. The van der Waals surface area contributed by atoms with E-state index < -0.39 is 0 Å². The van der Waals surface area contributed by atoms with Crippen molar-refractivity contribution in [3.8, 4) is 0 Å². The van der Waals surface area contributed by atoms with Crippen LogP contribution >= 0.6 is 0 Å². The highest BCUT2D eigenvalue weighted by Gasteiger charge is 2.24. The lowest BCUT2D eigenvalue weighted by molar-refractivity contribution is 0.0678. The minimum atomic E-state index is -0.0517. The van der Waals surface area contributed by atoms with Gasteiger partial charge in [-0.1, -0.05) is 19.8 Å². The summed E-state index contributed by atoms with van der Waals surface area (Å²) in [6, 6.07) is 0.677. The van der Waals surface area contributed by atoms with Crippen molar-refractivity contribution < 1.29 is 5.11 Å². The molecule has 2 rings (SSSR count). The Morgan fingerprint density at radius 3 is 2.67 bits per heavy atom. The van der Waals surface area contributed by atoms with Gasteiger partial charge in [-0.3, -0.25) is 0 Å². The van der Waals surface area contributed by atoms with Gasteiger partial charge in [-0.05, 0) is 57.7 Å². The summed E-state index contributed by atoms with van der Waals surface area (Å²) in [7, 11) is 0. The molecule has 1 heterocycles. The van der Waals surface area contributed by atoms with Crippen LogP contribution in [0.1, 0.15) is 51.9 Å². The summed E-state index contributed by atoms with van der Waals surface area (Å²) in [5.74, 6) is 0.504. The summed E-state index contributed by atoms with van der Waals surface area (Å²) in [6.07, 6.45) is 8.59. The first-order valence-corrected chi connectivity index (χ1v) is 7.93. The highest BCUT2D eigenvalue weighted by molar-refractivity contribution is 4.80. The second kappa shape index (κ2) is 7.46. The lowest BCUT2D eigenvalue weighted by atomic mass is 9.86. The molecule has 0 radical (unpaired) electrons. The quantitative estimate of drug-likeness (QED) is 0.805. The van der Waals surface area contributed by atoms with Crippen LogP contribution in [0.25, 0.3) is 0 Å². The average Bonchev–Trinajstić information content (AvgIpc) is 2.63. The molecule has 0 aromatic heterocycles. The standard InChI is InChI=1S/C15H30N2O/c1-2-17-10-5-7-14(9-11-17)16-12-13-6-3-4-8-15(13)18/h13-16,18H,2-12H2,1H3. The largest absolute Gasteiger partial charge is 0.393 e. The van der Waals surface area contributed by atoms with Crippen molar-refractivity contribution in [1.29, 1.82) is 0 Å². The molecule has 0 aromatic rings. The molecule has 106 valence electrons. The van der Waals surface area contributed by atoms with Crippen molar-refractivity contribution in [2.45, 2.75) is 64.0 Å². The van der Waals surface area contributed by atoms with Gasteiger partial charge in [0.25, 0.3) is 0 Å². The minimum Gasteiger partial charge on any atom is -0.393 e. The Labute approximate surface area is 112 Å². The Hall–Kier alpha value is -0.120. The van der Waals surface area contributed by atoms with Crippen molar-refractivity contribution in [2.75, 3.05) is 26.2 Å². The summed E-state index contributed by atoms with van der Waals surface area (Å²) in [5.41, 5.74) is 0. The molecule has 1 aliphatic carbocycles. The molecule has 3 heteroatoms. The van der Waals surface area contributed by atoms with E-state index in [1.807, 2.05) is 0 Å². The van der Waals surface area contributed by atoms with Crippen molar-refractivity contribution in [3.63, 3.8) is 0 Å². The fraction of sp³-hybridized carbons (Fsp3) is 1.00. The number of likely N-dealkylation sites (tertiary alicyclic amines) is 1. The maximum atomic E-state index is 9.99. The summed E-state index contributed by atoms with van der Waals surface area (Å²) < 4.78 is 0. The first-order valence-electron chi connectivity index (χ1n) is 7.93. The van der Waals surface area contributed by atoms with Gasteiger partial charge in [-0.2, -0.15) is 0 Å². The number of nitrogens with one attached hydrogen (secondary N) is 1. The molecule has 1 saturated heterocycles. The van der Waals surface area contributed by atoms with Crippen LogP contribution < -0.4 is 5.32 Å². The molecule has 3 unspecified atom stereocenters. The van der Waals surface area contributed by atoms with E-state index in [-0.39, 0.29) is 6.10 Å². The zero-order valence-electron chi connectivity index (χ0n) is 11.9. The van der Waals surface area contributed by atoms with Gasteiger partial charge in [0.2, 0.25) is 0 Å². The zero-order valence-corrected chi connectivity index (χ0v) is 11.9. The second-order valence-electron chi connectivity index (χ2n) is 6.08. The smallest absolute Gasteiger partial charge is 0.0580 e. The van der Waals surface area contributed by atoms with E-state index in [0.717, 1.165) is 13.0 Å². The van der Waals surface area contributed by atoms with Gasteiger partial charge in [0.1, 0.15) is 0 Å². The molecule has 0 spiro atoms. The van der Waals surface area contributed by atoms with Crippen molar-refractivity contribution in [1.82, 2.24) is 10.2 Å². The fourth-order valence-corrected chi connectivity index (χ4v) is 3.42. The third kappa shape index (κ3) is 4.22. The van der Waals surface area contributed by atoms with Crippen molar-refractivity contribution >= 4 is 0 Å². The molecule has 18 heavy (non-hydrogen) atoms. The maximum absolute atomic E-state index is 9.99. The van der Waals surface area contributed by atoms with E-state index in [1.165, 1.54) is 58.2 Å². The number of aliphatic hydroxyl groups excluding tert-OH is 1. The lowest BCUT2D eigenvalue weighted by Crippen LogP contribution is -2.39. The van der Waals surface area contributed by atoms with Gasteiger partial charge >= 0.3 is 0 Å². The average molecular weight is 254 g/mol. The van der Waals surface area contributed by atoms with Gasteiger partial charge in [0, 0.05) is 12.6 Å². The molecule has 2 aliphatic rings. The normalized spacial score (nSPS) is 35.3. The Kier molecular flexibility index (Phi) is 5.93. The minimum absolute atomic E-state index is 0.0517. The van der Waals surface area contributed by atoms with E-state index in [2.05, 4.69) is 17.1 Å². The summed E-state index contributed by atoms with van der Waals surface area (Å²) in [5, 5.41) is 13.7. The topological polar surface area (TPSA) is 35.5 Å². The van der Waals surface area contributed by atoms with E-state index in [9.17, 15) is 5.11 Å². The highest BCUT2D eigenvalue weighted by Crippen LogP contribution is 2.24. The predicted octanol–water partition coefficient (Wildman–Crippen LogP) is 2.00. The molecule has 2 N–H and O–H groups in total.